The van der Waals surface area contributed by atoms with E-state index < -0.39 is 5.97 Å². The average Bonchev–Trinajstić information content (AvgIpc) is 2.80. The van der Waals surface area contributed by atoms with Crippen LogP contribution in [0, 0.1) is 5.92 Å². The number of ether oxygens (including phenoxy) is 1. The van der Waals surface area contributed by atoms with Crippen LogP contribution >= 0.6 is 0 Å². The summed E-state index contributed by atoms with van der Waals surface area (Å²) in [6.45, 7) is 3.95. The first-order valence-corrected chi connectivity index (χ1v) is 6.69. The molecule has 2 rings (SSSR count). The summed E-state index contributed by atoms with van der Waals surface area (Å²) in [7, 11) is 5.50. The Labute approximate surface area is 119 Å². The number of pyridine rings is 1. The van der Waals surface area contributed by atoms with Crippen molar-refractivity contribution in [3.05, 3.63) is 17.8 Å². The van der Waals surface area contributed by atoms with Crippen molar-refractivity contribution in [2.45, 2.75) is 13.0 Å². The van der Waals surface area contributed by atoms with Gasteiger partial charge in [-0.2, -0.15) is 0 Å². The number of anilines is 2. The number of carbonyl (C=O) groups is 1. The van der Waals surface area contributed by atoms with E-state index in [2.05, 4.69) is 35.8 Å². The summed E-state index contributed by atoms with van der Waals surface area (Å²) < 4.78 is 4.74. The van der Waals surface area contributed by atoms with Gasteiger partial charge in [-0.3, -0.25) is 0 Å². The molecule has 2 N–H and O–H groups in total. The van der Waals surface area contributed by atoms with Crippen LogP contribution in [0.25, 0.3) is 0 Å². The molecular formula is C14H22N4O2. The van der Waals surface area contributed by atoms with E-state index in [-0.39, 0.29) is 0 Å². The molecule has 0 bridgehead atoms. The number of methoxy groups -OCH3 is 1. The fraction of sp³-hybridized carbons (Fsp3) is 0.571. The van der Waals surface area contributed by atoms with Crippen molar-refractivity contribution in [1.82, 2.24) is 9.88 Å². The van der Waals surface area contributed by atoms with Gasteiger partial charge in [0.2, 0.25) is 0 Å². The van der Waals surface area contributed by atoms with E-state index in [1.165, 1.54) is 7.11 Å². The zero-order chi connectivity index (χ0) is 14.9. The van der Waals surface area contributed by atoms with Gasteiger partial charge in [-0.1, -0.05) is 6.92 Å². The van der Waals surface area contributed by atoms with Crippen LogP contribution in [-0.4, -0.2) is 56.2 Å². The Hall–Kier alpha value is -1.82. The molecule has 2 unspecified atom stereocenters. The Morgan fingerprint density at radius 1 is 1.50 bits per heavy atom. The van der Waals surface area contributed by atoms with E-state index in [0.717, 1.165) is 13.1 Å². The first kappa shape index (κ1) is 14.6. The molecule has 1 aromatic heterocycles. The van der Waals surface area contributed by atoms with Gasteiger partial charge >= 0.3 is 5.97 Å². The molecule has 110 valence electrons. The van der Waals surface area contributed by atoms with Crippen LogP contribution in [0.3, 0.4) is 0 Å². The molecule has 0 aromatic carbocycles. The minimum absolute atomic E-state index is 0.374. The molecule has 1 saturated heterocycles. The Bertz CT molecular complexity index is 504. The molecule has 2 atom stereocenters. The molecule has 20 heavy (non-hydrogen) atoms. The maximum atomic E-state index is 11.7. The predicted octanol–water partition coefficient (Wildman–Crippen LogP) is 0.837. The molecule has 0 aliphatic carbocycles. The number of hydrogen-bond acceptors (Lipinski definition) is 6. The van der Waals surface area contributed by atoms with Crippen molar-refractivity contribution in [3.8, 4) is 0 Å². The number of rotatable bonds is 3. The Morgan fingerprint density at radius 2 is 2.20 bits per heavy atom. The molecule has 1 aliphatic rings. The molecule has 0 radical (unpaired) electrons. The molecule has 1 fully saturated rings. The fourth-order valence-corrected chi connectivity index (χ4v) is 2.80. The van der Waals surface area contributed by atoms with Crippen LogP contribution in [0.2, 0.25) is 0 Å². The quantitative estimate of drug-likeness (QED) is 0.826. The SMILES string of the molecule is COC(=O)c1ccnc(N2CC(C)C(N(C)C)C2)c1N. The van der Waals surface area contributed by atoms with E-state index >= 15 is 0 Å². The maximum absolute atomic E-state index is 11.7. The lowest BCUT2D eigenvalue weighted by Crippen LogP contribution is -2.34. The lowest BCUT2D eigenvalue weighted by Gasteiger charge is -2.23. The largest absolute Gasteiger partial charge is 0.465 e. The third kappa shape index (κ3) is 2.56. The van der Waals surface area contributed by atoms with Crippen molar-refractivity contribution in [3.63, 3.8) is 0 Å². The third-order valence-corrected chi connectivity index (χ3v) is 3.91. The number of likely N-dealkylation sites (N-methyl/N-ethyl adjacent to an activating group) is 1. The zero-order valence-electron chi connectivity index (χ0n) is 12.5. The Balaban J connectivity index is 2.29. The van der Waals surface area contributed by atoms with E-state index in [1.54, 1.807) is 12.3 Å². The zero-order valence-corrected chi connectivity index (χ0v) is 12.5. The van der Waals surface area contributed by atoms with Gasteiger partial charge in [0.25, 0.3) is 0 Å². The number of nitrogen functional groups attached to an aromatic ring is 1. The summed E-state index contributed by atoms with van der Waals surface area (Å²) in [6.07, 6.45) is 1.60. The highest BCUT2D eigenvalue weighted by Gasteiger charge is 2.33. The highest BCUT2D eigenvalue weighted by molar-refractivity contribution is 5.97. The van der Waals surface area contributed by atoms with E-state index in [1.807, 2.05) is 0 Å². The van der Waals surface area contributed by atoms with Crippen molar-refractivity contribution in [2.24, 2.45) is 5.92 Å². The summed E-state index contributed by atoms with van der Waals surface area (Å²) in [5, 5.41) is 0. The molecule has 6 nitrogen and oxygen atoms in total. The molecule has 2 heterocycles. The molecule has 6 heteroatoms. The monoisotopic (exact) mass is 278 g/mol. The smallest absolute Gasteiger partial charge is 0.340 e. The Kier molecular flexibility index (Phi) is 4.13. The molecule has 0 spiro atoms. The second-order valence-electron chi connectivity index (χ2n) is 5.50. The lowest BCUT2D eigenvalue weighted by atomic mass is 10.1. The van der Waals surface area contributed by atoms with E-state index in [9.17, 15) is 4.79 Å². The summed E-state index contributed by atoms with van der Waals surface area (Å²) in [6, 6.07) is 2.05. The first-order valence-electron chi connectivity index (χ1n) is 6.69. The number of carbonyl (C=O) groups excluding carboxylic acids is 1. The fourth-order valence-electron chi connectivity index (χ4n) is 2.80. The number of hydrogen-bond donors (Lipinski definition) is 1. The summed E-state index contributed by atoms with van der Waals surface area (Å²) in [5.41, 5.74) is 6.86. The highest BCUT2D eigenvalue weighted by Crippen LogP contribution is 2.30. The van der Waals surface area contributed by atoms with E-state index in [0.29, 0.717) is 29.0 Å². The average molecular weight is 278 g/mol. The van der Waals surface area contributed by atoms with Crippen LogP contribution in [0.15, 0.2) is 12.3 Å². The van der Waals surface area contributed by atoms with Crippen molar-refractivity contribution >= 4 is 17.5 Å². The number of aromatic nitrogens is 1. The van der Waals surface area contributed by atoms with Crippen LogP contribution in [-0.2, 0) is 4.74 Å². The summed E-state index contributed by atoms with van der Waals surface area (Å²) in [5.74, 6) is 0.764. The predicted molar refractivity (Wildman–Crippen MR) is 78.8 cm³/mol. The normalized spacial score (nSPS) is 22.4. The maximum Gasteiger partial charge on any atom is 0.340 e. The Morgan fingerprint density at radius 3 is 2.75 bits per heavy atom. The van der Waals surface area contributed by atoms with Crippen LogP contribution in [0.5, 0.6) is 0 Å². The lowest BCUT2D eigenvalue weighted by molar-refractivity contribution is 0.0602. The van der Waals surface area contributed by atoms with Gasteiger partial charge in [-0.05, 0) is 26.1 Å². The van der Waals surface area contributed by atoms with Gasteiger partial charge in [0, 0.05) is 25.3 Å². The second kappa shape index (κ2) is 5.66. The summed E-state index contributed by atoms with van der Waals surface area (Å²) >= 11 is 0. The van der Waals surface area contributed by atoms with Crippen molar-refractivity contribution in [1.29, 1.82) is 0 Å². The third-order valence-electron chi connectivity index (χ3n) is 3.91. The first-order chi connectivity index (χ1) is 9.45. The molecule has 0 amide bonds. The minimum atomic E-state index is -0.428. The second-order valence-corrected chi connectivity index (χ2v) is 5.50. The molecule has 1 aliphatic heterocycles. The number of nitrogens with zero attached hydrogens (tertiary/aromatic N) is 3. The van der Waals surface area contributed by atoms with Crippen LogP contribution in [0.4, 0.5) is 11.5 Å². The van der Waals surface area contributed by atoms with Crippen LogP contribution in [0.1, 0.15) is 17.3 Å². The minimum Gasteiger partial charge on any atom is -0.465 e. The summed E-state index contributed by atoms with van der Waals surface area (Å²) in [4.78, 5) is 20.4. The molecular weight excluding hydrogens is 256 g/mol. The van der Waals surface area contributed by atoms with Gasteiger partial charge in [0.1, 0.15) is 0 Å². The van der Waals surface area contributed by atoms with Gasteiger partial charge < -0.3 is 20.3 Å². The molecule has 0 saturated carbocycles. The van der Waals surface area contributed by atoms with Crippen molar-refractivity contribution in [2.75, 3.05) is 44.9 Å². The van der Waals surface area contributed by atoms with Gasteiger partial charge in [-0.15, -0.1) is 0 Å². The van der Waals surface area contributed by atoms with E-state index in [4.69, 9.17) is 10.5 Å². The topological polar surface area (TPSA) is 71.7 Å². The van der Waals surface area contributed by atoms with Gasteiger partial charge in [0.15, 0.2) is 5.82 Å². The highest BCUT2D eigenvalue weighted by atomic mass is 16.5. The van der Waals surface area contributed by atoms with Crippen LogP contribution < -0.4 is 10.6 Å². The van der Waals surface area contributed by atoms with Gasteiger partial charge in [-0.25, -0.2) is 9.78 Å². The molecule has 1 aromatic rings. The van der Waals surface area contributed by atoms with Gasteiger partial charge in [0.05, 0.1) is 18.4 Å². The number of esters is 1. The number of nitrogens with two attached hydrogens (primary N) is 1. The van der Waals surface area contributed by atoms with Crippen molar-refractivity contribution < 1.29 is 9.53 Å². The standard InChI is InChI=1S/C14H22N4O2/c1-9-7-18(8-11(9)17(2)3)13-12(15)10(5-6-16-13)14(19)20-4/h5-6,9,11H,7-8,15H2,1-4H3.